The van der Waals surface area contributed by atoms with Crippen LogP contribution in [-0.4, -0.2) is 14.5 Å². The monoisotopic (exact) mass is 238 g/mol. The number of nitrogens with two attached hydrogens (primary N) is 1. The number of rotatable bonds is 1. The molecule has 0 aliphatic carbocycles. The quantitative estimate of drug-likeness (QED) is 0.708. The van der Waals surface area contributed by atoms with Crippen LogP contribution in [0, 0.1) is 6.92 Å². The maximum atomic E-state index is 5.72. The molecule has 0 amide bonds. The van der Waals surface area contributed by atoms with Gasteiger partial charge in [0.2, 0.25) is 0 Å². The first-order valence-corrected chi connectivity index (χ1v) is 5.80. The Kier molecular flexibility index (Phi) is 2.30. The highest BCUT2D eigenvalue weighted by Gasteiger charge is 2.10. The lowest BCUT2D eigenvalue weighted by atomic mass is 10.2. The first kappa shape index (κ1) is 10.8. The van der Waals surface area contributed by atoms with Crippen molar-refractivity contribution in [2.75, 3.05) is 5.73 Å². The van der Waals surface area contributed by atoms with E-state index in [1.807, 2.05) is 19.2 Å². The number of pyridine rings is 1. The Morgan fingerprint density at radius 3 is 2.78 bits per heavy atom. The van der Waals surface area contributed by atoms with Crippen molar-refractivity contribution < 1.29 is 0 Å². The van der Waals surface area contributed by atoms with Gasteiger partial charge in [0, 0.05) is 18.8 Å². The van der Waals surface area contributed by atoms with Crippen molar-refractivity contribution in [1.29, 1.82) is 0 Å². The Bertz CT molecular complexity index is 728. The molecule has 0 spiro atoms. The summed E-state index contributed by atoms with van der Waals surface area (Å²) >= 11 is 0. The summed E-state index contributed by atoms with van der Waals surface area (Å²) in [5.74, 6) is 1.42. The van der Waals surface area contributed by atoms with Crippen molar-refractivity contribution in [1.82, 2.24) is 14.5 Å². The van der Waals surface area contributed by atoms with Gasteiger partial charge in [-0.1, -0.05) is 6.07 Å². The van der Waals surface area contributed by atoms with Gasteiger partial charge in [0.15, 0.2) is 0 Å². The van der Waals surface area contributed by atoms with Crippen LogP contribution in [0.4, 0.5) is 5.82 Å². The van der Waals surface area contributed by atoms with E-state index < -0.39 is 0 Å². The van der Waals surface area contributed by atoms with E-state index in [9.17, 15) is 0 Å². The molecule has 1 aromatic carbocycles. The number of hydrogen-bond donors (Lipinski definition) is 1. The van der Waals surface area contributed by atoms with Gasteiger partial charge in [-0.05, 0) is 36.8 Å². The summed E-state index contributed by atoms with van der Waals surface area (Å²) in [5.41, 5.74) is 10.0. The molecule has 0 unspecified atom stereocenters. The molecule has 90 valence electrons. The van der Waals surface area contributed by atoms with Crippen molar-refractivity contribution in [2.45, 2.75) is 6.92 Å². The van der Waals surface area contributed by atoms with Crippen molar-refractivity contribution in [3.63, 3.8) is 0 Å². The molecule has 18 heavy (non-hydrogen) atoms. The summed E-state index contributed by atoms with van der Waals surface area (Å²) in [6, 6.07) is 10.0. The van der Waals surface area contributed by atoms with Crippen molar-refractivity contribution in [3.8, 4) is 11.4 Å². The third-order valence-electron chi connectivity index (χ3n) is 3.08. The second kappa shape index (κ2) is 3.84. The van der Waals surface area contributed by atoms with Crippen LogP contribution < -0.4 is 5.73 Å². The van der Waals surface area contributed by atoms with E-state index in [4.69, 9.17) is 5.73 Å². The number of aromatic nitrogens is 3. The smallest absolute Gasteiger partial charge is 0.141 e. The lowest BCUT2D eigenvalue weighted by molar-refractivity contribution is 0.958. The zero-order valence-electron chi connectivity index (χ0n) is 10.4. The summed E-state index contributed by atoms with van der Waals surface area (Å²) < 4.78 is 2.07. The maximum Gasteiger partial charge on any atom is 0.141 e. The Morgan fingerprint density at radius 2 is 2.00 bits per heavy atom. The Labute approximate surface area is 105 Å². The van der Waals surface area contributed by atoms with Gasteiger partial charge in [-0.15, -0.1) is 0 Å². The minimum absolute atomic E-state index is 0.510. The van der Waals surface area contributed by atoms with E-state index in [-0.39, 0.29) is 0 Å². The van der Waals surface area contributed by atoms with Gasteiger partial charge in [-0.3, -0.25) is 0 Å². The fraction of sp³-hybridized carbons (Fsp3) is 0.143. The molecule has 3 rings (SSSR count). The van der Waals surface area contributed by atoms with Crippen molar-refractivity contribution in [3.05, 3.63) is 42.1 Å². The molecule has 0 radical (unpaired) electrons. The number of hydrogen-bond acceptors (Lipinski definition) is 3. The zero-order chi connectivity index (χ0) is 12.7. The van der Waals surface area contributed by atoms with Gasteiger partial charge >= 0.3 is 0 Å². The molecular weight excluding hydrogens is 224 g/mol. The normalized spacial score (nSPS) is 11.0. The van der Waals surface area contributed by atoms with Gasteiger partial charge in [0.05, 0.1) is 11.0 Å². The Hall–Kier alpha value is -2.36. The zero-order valence-corrected chi connectivity index (χ0v) is 10.4. The molecule has 0 aliphatic heterocycles. The highest BCUT2D eigenvalue weighted by atomic mass is 15.1. The lowest BCUT2D eigenvalue weighted by Gasteiger charge is -2.02. The molecule has 0 bridgehead atoms. The second-order valence-corrected chi connectivity index (χ2v) is 4.46. The van der Waals surface area contributed by atoms with Crippen LogP contribution in [0.5, 0.6) is 0 Å². The molecule has 4 heteroatoms. The molecule has 2 N–H and O–H groups in total. The molecule has 0 fully saturated rings. The van der Waals surface area contributed by atoms with Crippen molar-refractivity contribution >= 4 is 16.9 Å². The van der Waals surface area contributed by atoms with E-state index >= 15 is 0 Å². The topological polar surface area (TPSA) is 56.7 Å². The maximum absolute atomic E-state index is 5.72. The molecular formula is C14H14N4. The standard InChI is InChI=1S/C14H14N4/c1-9-3-4-12-11(7-9)17-14(18(12)2)10-5-6-16-13(15)8-10/h3-8H,1-2H3,(H2,15,16). The predicted octanol–water partition coefficient (Wildman–Crippen LogP) is 2.53. The van der Waals surface area contributed by atoms with E-state index in [1.165, 1.54) is 5.56 Å². The van der Waals surface area contributed by atoms with Gasteiger partial charge < -0.3 is 10.3 Å². The Morgan fingerprint density at radius 1 is 1.17 bits per heavy atom. The second-order valence-electron chi connectivity index (χ2n) is 4.46. The van der Waals surface area contributed by atoms with Crippen LogP contribution in [-0.2, 0) is 7.05 Å². The van der Waals surface area contributed by atoms with E-state index in [2.05, 4.69) is 39.7 Å². The first-order valence-electron chi connectivity index (χ1n) is 5.80. The van der Waals surface area contributed by atoms with Crippen LogP contribution in [0.1, 0.15) is 5.56 Å². The summed E-state index contributed by atoms with van der Waals surface area (Å²) in [4.78, 5) is 8.67. The summed E-state index contributed by atoms with van der Waals surface area (Å²) in [5, 5.41) is 0. The third-order valence-corrected chi connectivity index (χ3v) is 3.08. The van der Waals surface area contributed by atoms with E-state index in [0.717, 1.165) is 22.4 Å². The third kappa shape index (κ3) is 1.62. The number of benzene rings is 1. The minimum Gasteiger partial charge on any atom is -0.384 e. The highest BCUT2D eigenvalue weighted by Crippen LogP contribution is 2.24. The molecule has 0 saturated carbocycles. The number of anilines is 1. The van der Waals surface area contributed by atoms with Crippen molar-refractivity contribution in [2.24, 2.45) is 7.05 Å². The van der Waals surface area contributed by atoms with E-state index in [0.29, 0.717) is 5.82 Å². The van der Waals surface area contributed by atoms with Gasteiger partial charge in [0.25, 0.3) is 0 Å². The fourth-order valence-electron chi connectivity index (χ4n) is 2.16. The first-order chi connectivity index (χ1) is 8.65. The molecule has 0 saturated heterocycles. The number of nitrogen functional groups attached to an aromatic ring is 1. The average molecular weight is 238 g/mol. The molecule has 3 aromatic rings. The number of aryl methyl sites for hydroxylation is 2. The van der Waals surface area contributed by atoms with Crippen LogP contribution in [0.15, 0.2) is 36.5 Å². The van der Waals surface area contributed by atoms with Crippen LogP contribution in [0.2, 0.25) is 0 Å². The molecule has 0 atom stereocenters. The van der Waals surface area contributed by atoms with Gasteiger partial charge in [0.1, 0.15) is 11.6 Å². The van der Waals surface area contributed by atoms with Crippen LogP contribution in [0.25, 0.3) is 22.4 Å². The summed E-state index contributed by atoms with van der Waals surface area (Å²) in [7, 11) is 2.01. The Balaban J connectivity index is 2.27. The number of fused-ring (bicyclic) bond motifs is 1. The average Bonchev–Trinajstić information content (AvgIpc) is 2.66. The number of nitrogens with zero attached hydrogens (tertiary/aromatic N) is 3. The predicted molar refractivity (Wildman–Crippen MR) is 73.1 cm³/mol. The minimum atomic E-state index is 0.510. The molecule has 2 heterocycles. The molecule has 4 nitrogen and oxygen atoms in total. The van der Waals surface area contributed by atoms with Gasteiger partial charge in [-0.2, -0.15) is 0 Å². The fourth-order valence-corrected chi connectivity index (χ4v) is 2.16. The molecule has 2 aromatic heterocycles. The highest BCUT2D eigenvalue weighted by molar-refractivity contribution is 5.81. The van der Waals surface area contributed by atoms with Crippen LogP contribution >= 0.6 is 0 Å². The lowest BCUT2D eigenvalue weighted by Crippen LogP contribution is -1.95. The summed E-state index contributed by atoms with van der Waals surface area (Å²) in [6.07, 6.45) is 1.70. The largest absolute Gasteiger partial charge is 0.384 e. The van der Waals surface area contributed by atoms with E-state index in [1.54, 1.807) is 6.20 Å². The van der Waals surface area contributed by atoms with Crippen LogP contribution in [0.3, 0.4) is 0 Å². The number of imidazole rings is 1. The van der Waals surface area contributed by atoms with Gasteiger partial charge in [-0.25, -0.2) is 9.97 Å². The molecule has 0 aliphatic rings. The SMILES string of the molecule is Cc1ccc2c(c1)nc(-c1ccnc(N)c1)n2C. The summed E-state index contributed by atoms with van der Waals surface area (Å²) in [6.45, 7) is 2.07.